The third-order valence-corrected chi connectivity index (χ3v) is 4.52. The van der Waals surface area contributed by atoms with Crippen molar-refractivity contribution in [3.05, 3.63) is 35.9 Å². The van der Waals surface area contributed by atoms with Crippen molar-refractivity contribution in [3.63, 3.8) is 0 Å². The number of benzene rings is 1. The second-order valence-electron chi connectivity index (χ2n) is 8.02. The molecule has 1 aliphatic rings. The third kappa shape index (κ3) is 6.84. The van der Waals surface area contributed by atoms with Crippen LogP contribution < -0.4 is 5.32 Å². The Hall–Kier alpha value is -2.12. The average Bonchev–Trinajstić information content (AvgIpc) is 2.55. The summed E-state index contributed by atoms with van der Waals surface area (Å²) in [4.78, 5) is 28.1. The number of piperazine rings is 1. The lowest BCUT2D eigenvalue weighted by atomic mass is 10.1. The molecule has 7 nitrogen and oxygen atoms in total. The molecule has 150 valence electrons. The van der Waals surface area contributed by atoms with E-state index in [1.54, 1.807) is 27.7 Å². The third-order valence-electron chi connectivity index (χ3n) is 4.52. The van der Waals surface area contributed by atoms with E-state index in [4.69, 9.17) is 4.74 Å². The number of nitrogens with zero attached hydrogens (tertiary/aromatic N) is 2. The van der Waals surface area contributed by atoms with E-state index in [0.29, 0.717) is 13.1 Å². The first-order valence-electron chi connectivity index (χ1n) is 9.38. The van der Waals surface area contributed by atoms with Crippen LogP contribution in [-0.2, 0) is 16.1 Å². The molecule has 1 aromatic rings. The molecular formula is C20H31N3O4. The number of carboxylic acids is 1. The number of aliphatic carboxylic acids is 1. The summed E-state index contributed by atoms with van der Waals surface area (Å²) in [5.74, 6) is -0.935. The topological polar surface area (TPSA) is 82.1 Å². The molecule has 0 spiro atoms. The molecule has 2 rings (SSSR count). The van der Waals surface area contributed by atoms with Gasteiger partial charge in [0.25, 0.3) is 0 Å². The van der Waals surface area contributed by atoms with Gasteiger partial charge in [0.15, 0.2) is 0 Å². The number of ether oxygens (including phenoxy) is 1. The highest BCUT2D eigenvalue weighted by atomic mass is 16.6. The van der Waals surface area contributed by atoms with Crippen LogP contribution in [0.1, 0.15) is 33.3 Å². The van der Waals surface area contributed by atoms with Gasteiger partial charge in [-0.3, -0.25) is 14.6 Å². The second-order valence-corrected chi connectivity index (χ2v) is 8.02. The molecule has 0 saturated carbocycles. The van der Waals surface area contributed by atoms with Gasteiger partial charge in [0.2, 0.25) is 0 Å². The highest BCUT2D eigenvalue weighted by Crippen LogP contribution is 2.14. The SMILES string of the molecule is CC(NC(=O)OC(C)(C)C)C(C(=O)O)N1CCN(Cc2ccccc2)CC1. The average molecular weight is 377 g/mol. The molecule has 1 saturated heterocycles. The molecule has 7 heteroatoms. The van der Waals surface area contributed by atoms with Crippen LogP contribution in [0.25, 0.3) is 0 Å². The summed E-state index contributed by atoms with van der Waals surface area (Å²) in [7, 11) is 0. The normalized spacial score (nSPS) is 18.5. The van der Waals surface area contributed by atoms with Crippen LogP contribution in [0.3, 0.4) is 0 Å². The second kappa shape index (κ2) is 9.19. The van der Waals surface area contributed by atoms with Gasteiger partial charge in [-0.05, 0) is 33.3 Å². The van der Waals surface area contributed by atoms with Gasteiger partial charge in [-0.2, -0.15) is 0 Å². The monoisotopic (exact) mass is 377 g/mol. The first kappa shape index (κ1) is 21.2. The molecule has 0 aliphatic carbocycles. The Morgan fingerprint density at radius 3 is 2.26 bits per heavy atom. The van der Waals surface area contributed by atoms with E-state index in [-0.39, 0.29) is 0 Å². The van der Waals surface area contributed by atoms with Crippen LogP contribution in [0.2, 0.25) is 0 Å². The van der Waals surface area contributed by atoms with Crippen LogP contribution >= 0.6 is 0 Å². The van der Waals surface area contributed by atoms with Crippen LogP contribution in [0.5, 0.6) is 0 Å². The lowest BCUT2D eigenvalue weighted by molar-refractivity contribution is -0.145. The van der Waals surface area contributed by atoms with Crippen molar-refractivity contribution >= 4 is 12.1 Å². The number of nitrogens with one attached hydrogen (secondary N) is 1. The highest BCUT2D eigenvalue weighted by molar-refractivity contribution is 5.76. The summed E-state index contributed by atoms with van der Waals surface area (Å²) in [6.07, 6.45) is -0.594. The van der Waals surface area contributed by atoms with Crippen molar-refractivity contribution in [2.75, 3.05) is 26.2 Å². The number of rotatable bonds is 6. The van der Waals surface area contributed by atoms with Crippen molar-refractivity contribution in [3.8, 4) is 0 Å². The number of alkyl carbamates (subject to hydrolysis) is 1. The van der Waals surface area contributed by atoms with Crippen molar-refractivity contribution < 1.29 is 19.4 Å². The Morgan fingerprint density at radius 1 is 1.15 bits per heavy atom. The maximum Gasteiger partial charge on any atom is 0.407 e. The molecule has 0 bridgehead atoms. The van der Waals surface area contributed by atoms with Crippen molar-refractivity contribution in [2.45, 2.75) is 51.9 Å². The molecule has 2 N–H and O–H groups in total. The molecule has 0 radical (unpaired) electrons. The molecule has 27 heavy (non-hydrogen) atoms. The van der Waals surface area contributed by atoms with Gasteiger partial charge < -0.3 is 15.2 Å². The standard InChI is InChI=1S/C20H31N3O4/c1-15(21-19(26)27-20(2,3)4)17(18(24)25)23-12-10-22(11-13-23)14-16-8-6-5-7-9-16/h5-9,15,17H,10-14H2,1-4H3,(H,21,26)(H,24,25). The fraction of sp³-hybridized carbons (Fsp3) is 0.600. The number of carbonyl (C=O) groups is 2. The summed E-state index contributed by atoms with van der Waals surface area (Å²) in [5, 5.41) is 12.4. The largest absolute Gasteiger partial charge is 0.480 e. The molecule has 1 amide bonds. The van der Waals surface area contributed by atoms with E-state index >= 15 is 0 Å². The fourth-order valence-corrected chi connectivity index (χ4v) is 3.30. The van der Waals surface area contributed by atoms with E-state index in [1.165, 1.54) is 5.56 Å². The predicted molar refractivity (Wildman–Crippen MR) is 104 cm³/mol. The van der Waals surface area contributed by atoms with Gasteiger partial charge in [-0.15, -0.1) is 0 Å². The molecule has 1 fully saturated rings. The quantitative estimate of drug-likeness (QED) is 0.791. The maximum absolute atomic E-state index is 12.0. The van der Waals surface area contributed by atoms with E-state index in [0.717, 1.165) is 19.6 Å². The first-order valence-corrected chi connectivity index (χ1v) is 9.38. The fourth-order valence-electron chi connectivity index (χ4n) is 3.30. The van der Waals surface area contributed by atoms with E-state index in [2.05, 4.69) is 22.3 Å². The van der Waals surface area contributed by atoms with E-state index in [9.17, 15) is 14.7 Å². The maximum atomic E-state index is 12.0. The first-order chi connectivity index (χ1) is 12.7. The summed E-state index contributed by atoms with van der Waals surface area (Å²) < 4.78 is 5.24. The number of amides is 1. The highest BCUT2D eigenvalue weighted by Gasteiger charge is 2.34. The van der Waals surface area contributed by atoms with Gasteiger partial charge in [-0.25, -0.2) is 4.79 Å². The summed E-state index contributed by atoms with van der Waals surface area (Å²) in [5.41, 5.74) is 0.631. The number of carboxylic acid groups (broad SMARTS) is 1. The van der Waals surface area contributed by atoms with Crippen molar-refractivity contribution in [1.29, 1.82) is 0 Å². The molecule has 1 aliphatic heterocycles. The molecule has 1 aromatic carbocycles. The zero-order valence-corrected chi connectivity index (χ0v) is 16.6. The van der Waals surface area contributed by atoms with Crippen LogP contribution in [0, 0.1) is 0 Å². The Kier molecular flexibility index (Phi) is 7.21. The van der Waals surface area contributed by atoms with Gasteiger partial charge in [0.05, 0.1) is 6.04 Å². The van der Waals surface area contributed by atoms with Crippen LogP contribution in [0.4, 0.5) is 4.79 Å². The summed E-state index contributed by atoms with van der Waals surface area (Å²) >= 11 is 0. The Morgan fingerprint density at radius 2 is 1.74 bits per heavy atom. The van der Waals surface area contributed by atoms with Crippen LogP contribution in [0.15, 0.2) is 30.3 Å². The molecular weight excluding hydrogens is 346 g/mol. The van der Waals surface area contributed by atoms with Gasteiger partial charge in [0, 0.05) is 32.7 Å². The van der Waals surface area contributed by atoms with Crippen molar-refractivity contribution in [2.24, 2.45) is 0 Å². The molecule has 2 unspecified atom stereocenters. The molecule has 1 heterocycles. The minimum atomic E-state index is -0.935. The summed E-state index contributed by atoms with van der Waals surface area (Å²) in [6, 6.07) is 8.90. The zero-order chi connectivity index (χ0) is 20.0. The zero-order valence-electron chi connectivity index (χ0n) is 16.6. The Bertz CT molecular complexity index is 622. The van der Waals surface area contributed by atoms with Gasteiger partial charge >= 0.3 is 12.1 Å². The predicted octanol–water partition coefficient (Wildman–Crippen LogP) is 2.17. The lowest BCUT2D eigenvalue weighted by Crippen LogP contribution is -2.59. The minimum absolute atomic E-state index is 0.557. The summed E-state index contributed by atoms with van der Waals surface area (Å²) in [6.45, 7) is 10.8. The van der Waals surface area contributed by atoms with Crippen molar-refractivity contribution in [1.82, 2.24) is 15.1 Å². The Labute approximate surface area is 161 Å². The van der Waals surface area contributed by atoms with E-state index in [1.807, 2.05) is 23.1 Å². The Balaban J connectivity index is 1.90. The minimum Gasteiger partial charge on any atom is -0.480 e. The van der Waals surface area contributed by atoms with Crippen LogP contribution in [-0.4, -0.2) is 70.8 Å². The smallest absolute Gasteiger partial charge is 0.407 e. The number of hydrogen-bond donors (Lipinski definition) is 2. The lowest BCUT2D eigenvalue weighted by Gasteiger charge is -2.39. The van der Waals surface area contributed by atoms with E-state index < -0.39 is 29.7 Å². The van der Waals surface area contributed by atoms with Gasteiger partial charge in [0.1, 0.15) is 11.6 Å². The molecule has 2 atom stereocenters. The number of carbonyl (C=O) groups excluding carboxylic acids is 1. The van der Waals surface area contributed by atoms with Gasteiger partial charge in [-0.1, -0.05) is 30.3 Å². The molecule has 0 aromatic heterocycles. The number of hydrogen-bond acceptors (Lipinski definition) is 5.